The van der Waals surface area contributed by atoms with Gasteiger partial charge in [-0.05, 0) is 30.5 Å². The highest BCUT2D eigenvalue weighted by atomic mass is 16.5. The van der Waals surface area contributed by atoms with E-state index in [2.05, 4.69) is 15.4 Å². The molecule has 0 unspecified atom stereocenters. The van der Waals surface area contributed by atoms with E-state index in [1.165, 1.54) is 0 Å². The summed E-state index contributed by atoms with van der Waals surface area (Å²) in [6, 6.07) is 5.70. The van der Waals surface area contributed by atoms with Crippen molar-refractivity contribution in [3.8, 4) is 5.82 Å². The highest BCUT2D eigenvalue weighted by molar-refractivity contribution is 5.78. The smallest absolute Gasteiger partial charge is 0.223 e. The van der Waals surface area contributed by atoms with Crippen LogP contribution >= 0.6 is 0 Å². The minimum atomic E-state index is 0.0788. The Kier molecular flexibility index (Phi) is 4.25. The third-order valence-electron chi connectivity index (χ3n) is 3.61. The summed E-state index contributed by atoms with van der Waals surface area (Å²) >= 11 is 0. The summed E-state index contributed by atoms with van der Waals surface area (Å²) in [5.74, 6) is 0.948. The molecule has 21 heavy (non-hydrogen) atoms. The van der Waals surface area contributed by atoms with E-state index in [4.69, 9.17) is 4.74 Å². The number of carbonyl (C=O) groups excluding carboxylic acids is 1. The van der Waals surface area contributed by atoms with E-state index >= 15 is 0 Å². The van der Waals surface area contributed by atoms with Crippen LogP contribution in [0.5, 0.6) is 0 Å². The minimum Gasteiger partial charge on any atom is -0.381 e. The molecule has 3 rings (SSSR count). The van der Waals surface area contributed by atoms with Crippen molar-refractivity contribution >= 4 is 5.91 Å². The summed E-state index contributed by atoms with van der Waals surface area (Å²) in [6.07, 6.45) is 6.94. The molecule has 6 heteroatoms. The van der Waals surface area contributed by atoms with Gasteiger partial charge in [0.2, 0.25) is 5.91 Å². The minimum absolute atomic E-state index is 0.0788. The molecule has 0 spiro atoms. The van der Waals surface area contributed by atoms with Crippen LogP contribution in [0.25, 0.3) is 5.82 Å². The van der Waals surface area contributed by atoms with E-state index < -0.39 is 0 Å². The normalized spacial score (nSPS) is 15.8. The Balaban J connectivity index is 1.54. The highest BCUT2D eigenvalue weighted by Crippen LogP contribution is 2.14. The molecule has 110 valence electrons. The van der Waals surface area contributed by atoms with Crippen molar-refractivity contribution in [1.29, 1.82) is 0 Å². The highest BCUT2D eigenvalue weighted by Gasteiger charge is 2.20. The van der Waals surface area contributed by atoms with Crippen molar-refractivity contribution in [3.63, 3.8) is 0 Å². The summed E-state index contributed by atoms with van der Waals surface area (Å²) in [4.78, 5) is 16.4. The topological polar surface area (TPSA) is 69.0 Å². The summed E-state index contributed by atoms with van der Waals surface area (Å²) in [5.41, 5.74) is 0.978. The molecule has 0 radical (unpaired) electrons. The van der Waals surface area contributed by atoms with E-state index in [1.807, 2.05) is 24.4 Å². The summed E-state index contributed by atoms with van der Waals surface area (Å²) in [5, 5.41) is 7.09. The SMILES string of the molecule is O=C(NCc1ccc(-n2cccn2)nc1)C1CCOCC1. The number of pyridine rings is 1. The van der Waals surface area contributed by atoms with Crippen LogP contribution in [-0.4, -0.2) is 33.9 Å². The van der Waals surface area contributed by atoms with Gasteiger partial charge < -0.3 is 10.1 Å². The molecular weight excluding hydrogens is 268 g/mol. The number of amides is 1. The summed E-state index contributed by atoms with van der Waals surface area (Å²) in [7, 11) is 0. The first-order valence-electron chi connectivity index (χ1n) is 7.13. The van der Waals surface area contributed by atoms with Crippen LogP contribution < -0.4 is 5.32 Å². The predicted molar refractivity (Wildman–Crippen MR) is 76.7 cm³/mol. The van der Waals surface area contributed by atoms with E-state index in [0.717, 1.165) is 24.2 Å². The lowest BCUT2D eigenvalue weighted by atomic mass is 9.99. The fourth-order valence-corrected chi connectivity index (χ4v) is 2.35. The maximum absolute atomic E-state index is 12.0. The predicted octanol–water partition coefficient (Wildman–Crippen LogP) is 1.31. The van der Waals surface area contributed by atoms with Crippen LogP contribution in [0.2, 0.25) is 0 Å². The van der Waals surface area contributed by atoms with Crippen LogP contribution in [0.3, 0.4) is 0 Å². The number of hydrogen-bond acceptors (Lipinski definition) is 4. The molecule has 1 fully saturated rings. The van der Waals surface area contributed by atoms with Gasteiger partial charge in [0, 0.05) is 44.3 Å². The third kappa shape index (κ3) is 3.46. The average molecular weight is 286 g/mol. The van der Waals surface area contributed by atoms with Gasteiger partial charge in [-0.3, -0.25) is 4.79 Å². The van der Waals surface area contributed by atoms with Crippen LogP contribution in [0, 0.1) is 5.92 Å². The molecule has 1 saturated heterocycles. The van der Waals surface area contributed by atoms with Crippen LogP contribution in [0.4, 0.5) is 0 Å². The molecule has 2 aromatic heterocycles. The number of rotatable bonds is 4. The van der Waals surface area contributed by atoms with Gasteiger partial charge in [-0.1, -0.05) is 6.07 Å². The fraction of sp³-hybridized carbons (Fsp3) is 0.400. The molecule has 2 aromatic rings. The number of hydrogen-bond donors (Lipinski definition) is 1. The molecule has 1 aliphatic rings. The number of aromatic nitrogens is 3. The largest absolute Gasteiger partial charge is 0.381 e. The van der Waals surface area contributed by atoms with Gasteiger partial charge in [0.15, 0.2) is 5.82 Å². The molecule has 1 amide bonds. The molecule has 0 saturated carbocycles. The van der Waals surface area contributed by atoms with Crippen molar-refractivity contribution in [2.75, 3.05) is 13.2 Å². The standard InChI is InChI=1S/C15H18N4O2/c20-15(13-4-8-21-9-5-13)17-11-12-2-3-14(16-10-12)19-7-1-6-18-19/h1-3,6-7,10,13H,4-5,8-9,11H2,(H,17,20). The van der Waals surface area contributed by atoms with Crippen LogP contribution in [0.1, 0.15) is 18.4 Å². The van der Waals surface area contributed by atoms with Gasteiger partial charge >= 0.3 is 0 Å². The molecule has 0 aromatic carbocycles. The Morgan fingerprint density at radius 1 is 1.38 bits per heavy atom. The van der Waals surface area contributed by atoms with Gasteiger partial charge in [-0.15, -0.1) is 0 Å². The Labute approximate surface area is 123 Å². The third-order valence-corrected chi connectivity index (χ3v) is 3.61. The van der Waals surface area contributed by atoms with Crippen molar-refractivity contribution in [3.05, 3.63) is 42.4 Å². The second kappa shape index (κ2) is 6.49. The number of nitrogens with zero attached hydrogens (tertiary/aromatic N) is 3. The summed E-state index contributed by atoms with van der Waals surface area (Å²) < 4.78 is 6.96. The van der Waals surface area contributed by atoms with Gasteiger partial charge in [0.25, 0.3) is 0 Å². The second-order valence-corrected chi connectivity index (χ2v) is 5.08. The van der Waals surface area contributed by atoms with E-state index in [1.54, 1.807) is 17.1 Å². The van der Waals surface area contributed by atoms with E-state index in [-0.39, 0.29) is 11.8 Å². The zero-order chi connectivity index (χ0) is 14.5. The zero-order valence-corrected chi connectivity index (χ0v) is 11.7. The molecule has 0 atom stereocenters. The van der Waals surface area contributed by atoms with Gasteiger partial charge in [-0.2, -0.15) is 5.10 Å². The van der Waals surface area contributed by atoms with Crippen LogP contribution in [0.15, 0.2) is 36.8 Å². The van der Waals surface area contributed by atoms with E-state index in [0.29, 0.717) is 19.8 Å². The van der Waals surface area contributed by atoms with Gasteiger partial charge in [0.1, 0.15) is 0 Å². The monoisotopic (exact) mass is 286 g/mol. The average Bonchev–Trinajstić information content (AvgIpc) is 3.08. The van der Waals surface area contributed by atoms with Gasteiger partial charge in [0.05, 0.1) is 0 Å². The maximum Gasteiger partial charge on any atom is 0.223 e. The number of nitrogens with one attached hydrogen (secondary N) is 1. The quantitative estimate of drug-likeness (QED) is 0.920. The lowest BCUT2D eigenvalue weighted by molar-refractivity contribution is -0.128. The fourth-order valence-electron chi connectivity index (χ4n) is 2.35. The van der Waals surface area contributed by atoms with Gasteiger partial charge in [-0.25, -0.2) is 9.67 Å². The van der Waals surface area contributed by atoms with Crippen molar-refractivity contribution in [2.24, 2.45) is 5.92 Å². The molecule has 0 aliphatic carbocycles. The molecule has 1 N–H and O–H groups in total. The zero-order valence-electron chi connectivity index (χ0n) is 11.7. The van der Waals surface area contributed by atoms with E-state index in [9.17, 15) is 4.79 Å². The molecule has 3 heterocycles. The van der Waals surface area contributed by atoms with Crippen molar-refractivity contribution in [2.45, 2.75) is 19.4 Å². The lowest BCUT2D eigenvalue weighted by Crippen LogP contribution is -2.33. The Morgan fingerprint density at radius 2 is 2.24 bits per heavy atom. The first-order chi connectivity index (χ1) is 10.3. The Morgan fingerprint density at radius 3 is 2.90 bits per heavy atom. The summed E-state index contributed by atoms with van der Waals surface area (Å²) in [6.45, 7) is 1.86. The molecule has 6 nitrogen and oxygen atoms in total. The first-order valence-corrected chi connectivity index (χ1v) is 7.13. The van der Waals surface area contributed by atoms with Crippen molar-refractivity contribution in [1.82, 2.24) is 20.1 Å². The second-order valence-electron chi connectivity index (χ2n) is 5.08. The number of ether oxygens (including phenoxy) is 1. The lowest BCUT2D eigenvalue weighted by Gasteiger charge is -2.21. The van der Waals surface area contributed by atoms with Crippen molar-refractivity contribution < 1.29 is 9.53 Å². The molecular formula is C15H18N4O2. The molecule has 0 bridgehead atoms. The molecule has 1 aliphatic heterocycles. The Bertz CT molecular complexity index is 574. The maximum atomic E-state index is 12.0. The number of carbonyl (C=O) groups is 1. The van der Waals surface area contributed by atoms with Crippen LogP contribution in [-0.2, 0) is 16.1 Å². The Hall–Kier alpha value is -2.21. The first kappa shape index (κ1) is 13.8.